The lowest BCUT2D eigenvalue weighted by molar-refractivity contribution is -0.137. The molecule has 0 bridgehead atoms. The van der Waals surface area contributed by atoms with Crippen molar-refractivity contribution < 1.29 is 17.9 Å². The van der Waals surface area contributed by atoms with Gasteiger partial charge in [-0.15, -0.1) is 0 Å². The lowest BCUT2D eigenvalue weighted by Gasteiger charge is -2.21. The van der Waals surface area contributed by atoms with Gasteiger partial charge < -0.3 is 10.1 Å². The molecule has 1 aromatic carbocycles. The first-order chi connectivity index (χ1) is 8.01. The highest BCUT2D eigenvalue weighted by Crippen LogP contribution is 2.44. The smallest absolute Gasteiger partial charge is 0.384 e. The van der Waals surface area contributed by atoms with Crippen molar-refractivity contribution in [2.24, 2.45) is 0 Å². The summed E-state index contributed by atoms with van der Waals surface area (Å²) in [6.07, 6.45) is -3.49. The number of hydrogen-bond acceptors (Lipinski definition) is 2. The third-order valence-corrected chi connectivity index (χ3v) is 3.64. The number of fused-ring (bicyclic) bond motifs is 2. The third kappa shape index (κ3) is 1.60. The van der Waals surface area contributed by atoms with E-state index in [9.17, 15) is 13.2 Å². The molecule has 1 fully saturated rings. The van der Waals surface area contributed by atoms with Crippen LogP contribution in [-0.4, -0.2) is 19.8 Å². The van der Waals surface area contributed by atoms with Gasteiger partial charge in [-0.05, 0) is 30.2 Å². The van der Waals surface area contributed by atoms with Crippen LogP contribution < -0.4 is 5.32 Å². The van der Waals surface area contributed by atoms with Gasteiger partial charge in [0.05, 0.1) is 12.2 Å². The zero-order chi connectivity index (χ0) is 12.1. The molecule has 0 amide bonds. The summed E-state index contributed by atoms with van der Waals surface area (Å²) in [4.78, 5) is 0. The second-order valence-electron chi connectivity index (χ2n) is 4.69. The fourth-order valence-electron chi connectivity index (χ4n) is 2.63. The molecule has 3 rings (SSSR count). The highest BCUT2D eigenvalue weighted by atomic mass is 19.4. The Hall–Kier alpha value is -1.23. The van der Waals surface area contributed by atoms with E-state index in [2.05, 4.69) is 5.32 Å². The Bertz CT molecular complexity index is 450. The maximum atomic E-state index is 12.7. The minimum Gasteiger partial charge on any atom is -0.384 e. The summed E-state index contributed by atoms with van der Waals surface area (Å²) in [6, 6.07) is 3.91. The van der Waals surface area contributed by atoms with E-state index in [-0.39, 0.29) is 5.41 Å². The van der Waals surface area contributed by atoms with Crippen molar-refractivity contribution >= 4 is 5.69 Å². The summed E-state index contributed by atoms with van der Waals surface area (Å²) < 4.78 is 43.4. The van der Waals surface area contributed by atoms with Crippen LogP contribution in [0.2, 0.25) is 0 Å². The Morgan fingerprint density at radius 2 is 2.12 bits per heavy atom. The fourth-order valence-corrected chi connectivity index (χ4v) is 2.63. The number of alkyl halides is 3. The number of anilines is 1. The first kappa shape index (κ1) is 10.9. The minimum atomic E-state index is -4.28. The molecule has 0 aliphatic carbocycles. The molecule has 2 aliphatic heterocycles. The predicted molar refractivity (Wildman–Crippen MR) is 57.0 cm³/mol. The van der Waals surface area contributed by atoms with Gasteiger partial charge in [0.25, 0.3) is 0 Å². The molecular weight excluding hydrogens is 231 g/mol. The van der Waals surface area contributed by atoms with Gasteiger partial charge >= 0.3 is 6.18 Å². The maximum absolute atomic E-state index is 12.7. The van der Waals surface area contributed by atoms with Crippen LogP contribution in [0.25, 0.3) is 0 Å². The highest BCUT2D eigenvalue weighted by molar-refractivity contribution is 5.62. The zero-order valence-electron chi connectivity index (χ0n) is 9.10. The third-order valence-electron chi connectivity index (χ3n) is 3.64. The van der Waals surface area contributed by atoms with Crippen LogP contribution in [0.5, 0.6) is 0 Å². The fraction of sp³-hybridized carbons (Fsp3) is 0.500. The van der Waals surface area contributed by atoms with Gasteiger partial charge in [0.2, 0.25) is 0 Å². The minimum absolute atomic E-state index is 0.253. The largest absolute Gasteiger partial charge is 0.416 e. The van der Waals surface area contributed by atoms with Crippen LogP contribution in [0.3, 0.4) is 0 Å². The van der Waals surface area contributed by atoms with E-state index in [1.165, 1.54) is 12.1 Å². The SMILES string of the molecule is FC(F)(F)c1ccc2c(c1)C1(CCOC1)CN2. The van der Waals surface area contributed by atoms with Crippen molar-refractivity contribution in [3.8, 4) is 0 Å². The molecule has 2 aliphatic rings. The van der Waals surface area contributed by atoms with Gasteiger partial charge in [0.15, 0.2) is 0 Å². The normalized spacial score (nSPS) is 27.2. The van der Waals surface area contributed by atoms with Crippen LogP contribution in [0.1, 0.15) is 17.5 Å². The molecule has 1 aromatic rings. The number of benzene rings is 1. The van der Waals surface area contributed by atoms with Gasteiger partial charge in [-0.3, -0.25) is 0 Å². The summed E-state index contributed by atoms with van der Waals surface area (Å²) in [6.45, 7) is 1.80. The molecule has 1 unspecified atom stereocenters. The standard InChI is InChI=1S/C12H12F3NO/c13-12(14,15)8-1-2-10-9(5-8)11(6-16-10)3-4-17-7-11/h1-2,5,16H,3-4,6-7H2. The van der Waals surface area contributed by atoms with E-state index in [0.717, 1.165) is 23.7 Å². The van der Waals surface area contributed by atoms with E-state index < -0.39 is 11.7 Å². The molecule has 2 heterocycles. The number of hydrogen-bond donors (Lipinski definition) is 1. The second-order valence-corrected chi connectivity index (χ2v) is 4.69. The second kappa shape index (κ2) is 3.38. The molecule has 0 radical (unpaired) electrons. The van der Waals surface area contributed by atoms with Crippen molar-refractivity contribution in [3.63, 3.8) is 0 Å². The average Bonchev–Trinajstić information content (AvgIpc) is 2.87. The van der Waals surface area contributed by atoms with E-state index in [0.29, 0.717) is 19.8 Å². The van der Waals surface area contributed by atoms with E-state index >= 15 is 0 Å². The quantitative estimate of drug-likeness (QED) is 0.756. The van der Waals surface area contributed by atoms with Crippen LogP contribution >= 0.6 is 0 Å². The molecule has 1 atom stereocenters. The number of ether oxygens (including phenoxy) is 1. The molecule has 0 saturated carbocycles. The summed E-state index contributed by atoms with van der Waals surface area (Å²) in [5.74, 6) is 0. The average molecular weight is 243 g/mol. The van der Waals surface area contributed by atoms with Crippen molar-refractivity contribution in [1.29, 1.82) is 0 Å². The molecule has 17 heavy (non-hydrogen) atoms. The van der Waals surface area contributed by atoms with Crippen molar-refractivity contribution in [2.75, 3.05) is 25.1 Å². The van der Waals surface area contributed by atoms with Crippen molar-refractivity contribution in [2.45, 2.75) is 18.0 Å². The molecule has 92 valence electrons. The number of rotatable bonds is 0. The van der Waals surface area contributed by atoms with Gasteiger partial charge in [-0.1, -0.05) is 0 Å². The highest BCUT2D eigenvalue weighted by Gasteiger charge is 2.43. The molecule has 1 spiro atoms. The van der Waals surface area contributed by atoms with Gasteiger partial charge in [-0.2, -0.15) is 13.2 Å². The summed E-state index contributed by atoms with van der Waals surface area (Å²) in [5.41, 5.74) is 0.732. The molecule has 0 aromatic heterocycles. The molecular formula is C12H12F3NO. The monoisotopic (exact) mass is 243 g/mol. The summed E-state index contributed by atoms with van der Waals surface area (Å²) in [7, 11) is 0. The predicted octanol–water partition coefficient (Wildman–Crippen LogP) is 2.79. The Kier molecular flexibility index (Phi) is 2.17. The van der Waals surface area contributed by atoms with Crippen LogP contribution in [-0.2, 0) is 16.3 Å². The Morgan fingerprint density at radius 3 is 2.76 bits per heavy atom. The topological polar surface area (TPSA) is 21.3 Å². The van der Waals surface area contributed by atoms with Crippen LogP contribution in [0.15, 0.2) is 18.2 Å². The Morgan fingerprint density at radius 1 is 1.29 bits per heavy atom. The first-order valence-electron chi connectivity index (χ1n) is 5.55. The van der Waals surface area contributed by atoms with Gasteiger partial charge in [-0.25, -0.2) is 0 Å². The molecule has 1 saturated heterocycles. The van der Waals surface area contributed by atoms with Gasteiger partial charge in [0, 0.05) is 24.3 Å². The number of halogens is 3. The summed E-state index contributed by atoms with van der Waals surface area (Å²) in [5, 5.41) is 3.16. The van der Waals surface area contributed by atoms with Crippen molar-refractivity contribution in [1.82, 2.24) is 0 Å². The maximum Gasteiger partial charge on any atom is 0.416 e. The molecule has 5 heteroatoms. The Labute approximate surface area is 96.8 Å². The van der Waals surface area contributed by atoms with Crippen LogP contribution in [0, 0.1) is 0 Å². The molecule has 2 nitrogen and oxygen atoms in total. The number of nitrogens with one attached hydrogen (secondary N) is 1. The van der Waals surface area contributed by atoms with Crippen molar-refractivity contribution in [3.05, 3.63) is 29.3 Å². The lowest BCUT2D eigenvalue weighted by atomic mass is 9.81. The Balaban J connectivity index is 2.07. The van der Waals surface area contributed by atoms with Crippen LogP contribution in [0.4, 0.5) is 18.9 Å². The van der Waals surface area contributed by atoms with E-state index in [4.69, 9.17) is 4.74 Å². The lowest BCUT2D eigenvalue weighted by Crippen LogP contribution is -2.28. The molecule has 1 N–H and O–H groups in total. The first-order valence-corrected chi connectivity index (χ1v) is 5.55. The van der Waals surface area contributed by atoms with E-state index in [1.807, 2.05) is 0 Å². The van der Waals surface area contributed by atoms with Gasteiger partial charge in [0.1, 0.15) is 0 Å². The zero-order valence-corrected chi connectivity index (χ0v) is 9.10. The van der Waals surface area contributed by atoms with E-state index in [1.54, 1.807) is 0 Å². The summed E-state index contributed by atoms with van der Waals surface area (Å²) >= 11 is 0.